The van der Waals surface area contributed by atoms with Gasteiger partial charge in [0.1, 0.15) is 0 Å². The van der Waals surface area contributed by atoms with Gasteiger partial charge in [0.05, 0.1) is 5.92 Å². The van der Waals surface area contributed by atoms with E-state index < -0.39 is 0 Å². The van der Waals surface area contributed by atoms with Crippen LogP contribution in [0, 0.1) is 5.92 Å². The lowest BCUT2D eigenvalue weighted by molar-refractivity contribution is -0.123. The summed E-state index contributed by atoms with van der Waals surface area (Å²) in [6.45, 7) is 0. The molecule has 26 heavy (non-hydrogen) atoms. The Balaban J connectivity index is 1.84. The zero-order valence-corrected chi connectivity index (χ0v) is 15.4. The van der Waals surface area contributed by atoms with Crippen LogP contribution in [0.15, 0.2) is 78.9 Å². The Bertz CT molecular complexity index is 920. The third-order valence-corrected chi connectivity index (χ3v) is 5.46. The molecule has 0 spiro atoms. The Morgan fingerprint density at radius 3 is 2.27 bits per heavy atom. The van der Waals surface area contributed by atoms with Gasteiger partial charge in [-0.15, -0.1) is 0 Å². The summed E-state index contributed by atoms with van der Waals surface area (Å²) in [6.07, 6.45) is 0.714. The van der Waals surface area contributed by atoms with Crippen LogP contribution in [0.2, 0.25) is 5.02 Å². The van der Waals surface area contributed by atoms with Crippen molar-refractivity contribution in [2.45, 2.75) is 12.3 Å². The van der Waals surface area contributed by atoms with Gasteiger partial charge in [0.2, 0.25) is 5.91 Å². The van der Waals surface area contributed by atoms with Crippen molar-refractivity contribution in [3.05, 3.63) is 101 Å². The molecule has 2 nitrogen and oxygen atoms in total. The van der Waals surface area contributed by atoms with Gasteiger partial charge in [0.25, 0.3) is 0 Å². The first-order valence-corrected chi connectivity index (χ1v) is 9.19. The molecule has 4 rings (SSSR count). The Hall–Kier alpha value is -2.58. The zero-order chi connectivity index (χ0) is 18.1. The maximum atomic E-state index is 13.2. The van der Waals surface area contributed by atoms with Crippen LogP contribution in [-0.4, -0.2) is 13.0 Å². The van der Waals surface area contributed by atoms with Crippen molar-refractivity contribution in [1.29, 1.82) is 0 Å². The quantitative estimate of drug-likeness (QED) is 0.619. The summed E-state index contributed by atoms with van der Waals surface area (Å²) in [5.41, 5.74) is 4.49. The molecule has 1 aliphatic rings. The molecule has 2 atom stereocenters. The maximum Gasteiger partial charge on any atom is 0.231 e. The minimum absolute atomic E-state index is 0.0207. The fourth-order valence-electron chi connectivity index (χ4n) is 3.94. The minimum Gasteiger partial charge on any atom is -0.315 e. The van der Waals surface area contributed by atoms with Gasteiger partial charge in [-0.05, 0) is 41.3 Å². The van der Waals surface area contributed by atoms with E-state index in [1.54, 1.807) is 4.90 Å². The molecule has 1 aliphatic heterocycles. The molecule has 0 aromatic heterocycles. The van der Waals surface area contributed by atoms with Crippen LogP contribution in [0.1, 0.15) is 22.6 Å². The minimum atomic E-state index is -0.140. The van der Waals surface area contributed by atoms with E-state index in [1.165, 1.54) is 11.1 Å². The summed E-state index contributed by atoms with van der Waals surface area (Å²) >= 11 is 6.09. The summed E-state index contributed by atoms with van der Waals surface area (Å²) < 4.78 is 0. The predicted octanol–water partition coefficient (Wildman–Crippen LogP) is 5.31. The average molecular weight is 362 g/mol. The smallest absolute Gasteiger partial charge is 0.231 e. The molecule has 0 fully saturated rings. The number of carbonyl (C=O) groups is 1. The third kappa shape index (κ3) is 3.02. The van der Waals surface area contributed by atoms with Gasteiger partial charge < -0.3 is 4.90 Å². The Morgan fingerprint density at radius 1 is 0.885 bits per heavy atom. The second-order valence-corrected chi connectivity index (χ2v) is 7.22. The van der Waals surface area contributed by atoms with Crippen LogP contribution in [-0.2, 0) is 11.2 Å². The molecule has 130 valence electrons. The van der Waals surface area contributed by atoms with Crippen molar-refractivity contribution >= 4 is 23.2 Å². The van der Waals surface area contributed by atoms with Gasteiger partial charge in [-0.3, -0.25) is 4.79 Å². The number of amides is 1. The fourth-order valence-corrected chi connectivity index (χ4v) is 4.06. The second-order valence-electron chi connectivity index (χ2n) is 6.78. The number of nitrogens with zero attached hydrogens (tertiary/aromatic N) is 1. The van der Waals surface area contributed by atoms with E-state index in [9.17, 15) is 4.79 Å². The zero-order valence-electron chi connectivity index (χ0n) is 14.6. The predicted molar refractivity (Wildman–Crippen MR) is 107 cm³/mol. The van der Waals surface area contributed by atoms with E-state index >= 15 is 0 Å². The Morgan fingerprint density at radius 2 is 1.54 bits per heavy atom. The number of halogens is 1. The van der Waals surface area contributed by atoms with Crippen LogP contribution in [0.5, 0.6) is 0 Å². The van der Waals surface area contributed by atoms with Crippen LogP contribution in [0.4, 0.5) is 5.69 Å². The molecule has 0 radical (unpaired) electrons. The van der Waals surface area contributed by atoms with Crippen LogP contribution in [0.25, 0.3) is 0 Å². The van der Waals surface area contributed by atoms with Crippen molar-refractivity contribution in [3.63, 3.8) is 0 Å². The summed E-state index contributed by atoms with van der Waals surface area (Å²) in [6, 6.07) is 26.3. The topological polar surface area (TPSA) is 20.3 Å². The van der Waals surface area contributed by atoms with E-state index in [0.29, 0.717) is 11.4 Å². The number of hydrogen-bond donors (Lipinski definition) is 0. The third-order valence-electron chi connectivity index (χ3n) is 5.21. The molecular formula is C23H20ClNO. The van der Waals surface area contributed by atoms with E-state index in [-0.39, 0.29) is 17.7 Å². The lowest BCUT2D eigenvalue weighted by Crippen LogP contribution is -2.42. The fraction of sp³-hybridized carbons (Fsp3) is 0.174. The molecule has 3 aromatic carbocycles. The number of rotatable bonds is 3. The summed E-state index contributed by atoms with van der Waals surface area (Å²) in [7, 11) is 1.87. The number of anilines is 1. The first-order valence-electron chi connectivity index (χ1n) is 8.81. The lowest BCUT2D eigenvalue weighted by Gasteiger charge is -2.38. The molecule has 0 aliphatic carbocycles. The Kier molecular flexibility index (Phi) is 4.52. The van der Waals surface area contributed by atoms with Crippen molar-refractivity contribution in [3.8, 4) is 0 Å². The number of benzene rings is 3. The average Bonchev–Trinajstić information content (AvgIpc) is 2.68. The van der Waals surface area contributed by atoms with Gasteiger partial charge in [-0.25, -0.2) is 0 Å². The summed E-state index contributed by atoms with van der Waals surface area (Å²) in [4.78, 5) is 15.0. The van der Waals surface area contributed by atoms with E-state index in [2.05, 4.69) is 18.2 Å². The van der Waals surface area contributed by atoms with E-state index in [4.69, 9.17) is 11.6 Å². The molecule has 0 saturated heterocycles. The highest BCUT2D eigenvalue weighted by atomic mass is 35.5. The second kappa shape index (κ2) is 6.97. The largest absolute Gasteiger partial charge is 0.315 e. The van der Waals surface area contributed by atoms with Gasteiger partial charge in [0.15, 0.2) is 0 Å². The molecule has 3 heteroatoms. The standard InChI is InChI=1S/C23H20ClNO/c1-25-21-10-6-5-9-19(21)22(17-11-13-18(24)14-12-17)20(23(25)26)15-16-7-3-2-4-8-16/h2-14,20,22H,15H2,1H3. The van der Waals surface area contributed by atoms with Gasteiger partial charge in [0, 0.05) is 23.7 Å². The SMILES string of the molecule is CN1C(=O)C(Cc2ccccc2)C(c2ccc(Cl)cc2)c2ccccc21. The first-order chi connectivity index (χ1) is 12.6. The van der Waals surface area contributed by atoms with Crippen molar-refractivity contribution in [2.24, 2.45) is 5.92 Å². The normalized spacial score (nSPS) is 19.3. The van der Waals surface area contributed by atoms with Crippen LogP contribution < -0.4 is 4.90 Å². The Labute approximate surface area is 159 Å². The van der Waals surface area contributed by atoms with Crippen molar-refractivity contribution < 1.29 is 4.79 Å². The number of fused-ring (bicyclic) bond motifs is 1. The molecular weight excluding hydrogens is 342 g/mol. The highest BCUT2D eigenvalue weighted by molar-refractivity contribution is 6.30. The van der Waals surface area contributed by atoms with Crippen molar-refractivity contribution in [1.82, 2.24) is 0 Å². The monoisotopic (exact) mass is 361 g/mol. The maximum absolute atomic E-state index is 13.2. The summed E-state index contributed by atoms with van der Waals surface area (Å²) in [5, 5.41) is 0.709. The lowest BCUT2D eigenvalue weighted by atomic mass is 9.74. The molecule has 3 aromatic rings. The molecule has 1 heterocycles. The summed E-state index contributed by atoms with van der Waals surface area (Å²) in [5.74, 6) is 0.0401. The number of carbonyl (C=O) groups excluding carboxylic acids is 1. The highest BCUT2D eigenvalue weighted by Gasteiger charge is 2.39. The van der Waals surface area contributed by atoms with Crippen LogP contribution in [0.3, 0.4) is 0 Å². The molecule has 0 N–H and O–H groups in total. The van der Waals surface area contributed by atoms with Crippen LogP contribution >= 0.6 is 11.6 Å². The van der Waals surface area contributed by atoms with Gasteiger partial charge >= 0.3 is 0 Å². The molecule has 2 unspecified atom stereocenters. The van der Waals surface area contributed by atoms with Gasteiger partial charge in [-0.2, -0.15) is 0 Å². The van der Waals surface area contributed by atoms with Gasteiger partial charge in [-0.1, -0.05) is 72.3 Å². The number of para-hydroxylation sites is 1. The molecule has 0 bridgehead atoms. The van der Waals surface area contributed by atoms with E-state index in [0.717, 1.165) is 11.3 Å². The molecule has 1 amide bonds. The molecule has 0 saturated carbocycles. The number of hydrogen-bond acceptors (Lipinski definition) is 1. The first kappa shape index (κ1) is 16.9. The highest BCUT2D eigenvalue weighted by Crippen LogP contribution is 2.44. The van der Waals surface area contributed by atoms with E-state index in [1.807, 2.05) is 67.7 Å². The van der Waals surface area contributed by atoms with Crippen molar-refractivity contribution in [2.75, 3.05) is 11.9 Å².